The molecule has 2 aromatic rings. The first-order chi connectivity index (χ1) is 12.0. The Labute approximate surface area is 142 Å². The summed E-state index contributed by atoms with van der Waals surface area (Å²) in [5.41, 5.74) is -1.19. The number of benzene rings is 1. The number of rotatable bonds is 4. The van der Waals surface area contributed by atoms with Crippen LogP contribution in [0.5, 0.6) is 0 Å². The van der Waals surface area contributed by atoms with Crippen molar-refractivity contribution in [3.63, 3.8) is 0 Å². The number of nitrogens with zero attached hydrogens (tertiary/aromatic N) is 2. The van der Waals surface area contributed by atoms with E-state index in [2.05, 4.69) is 15.2 Å². The van der Waals surface area contributed by atoms with Crippen LogP contribution in [0.25, 0.3) is 10.9 Å². The highest BCUT2D eigenvalue weighted by Gasteiger charge is 2.37. The fraction of sp³-hybridized carbons (Fsp3) is 0.412. The van der Waals surface area contributed by atoms with Crippen molar-refractivity contribution >= 4 is 16.8 Å². The quantitative estimate of drug-likeness (QED) is 0.917. The van der Waals surface area contributed by atoms with E-state index in [-0.39, 0.29) is 17.4 Å². The molecule has 0 atom stereocenters. The summed E-state index contributed by atoms with van der Waals surface area (Å²) >= 11 is 0. The number of hydrogen-bond acceptors (Lipinski definition) is 4. The van der Waals surface area contributed by atoms with Crippen LogP contribution >= 0.6 is 0 Å². The number of nitrogens with one attached hydrogen (secondary N) is 1. The molecule has 1 saturated heterocycles. The molecule has 1 fully saturated rings. The summed E-state index contributed by atoms with van der Waals surface area (Å²) in [7, 11) is 0. The first-order valence-corrected chi connectivity index (χ1v) is 8.00. The Bertz CT molecular complexity index is 758. The van der Waals surface area contributed by atoms with Gasteiger partial charge >= 0.3 is 6.18 Å². The number of pyridine rings is 1. The Balaban J connectivity index is 1.78. The number of halogens is 3. The monoisotopic (exact) mass is 353 g/mol. The van der Waals surface area contributed by atoms with Crippen molar-refractivity contribution in [1.82, 2.24) is 15.2 Å². The van der Waals surface area contributed by atoms with Crippen LogP contribution in [-0.2, 0) is 10.9 Å². The van der Waals surface area contributed by atoms with Crippen LogP contribution in [0.3, 0.4) is 0 Å². The summed E-state index contributed by atoms with van der Waals surface area (Å²) in [6.07, 6.45) is -3.64. The van der Waals surface area contributed by atoms with Gasteiger partial charge in [-0.1, -0.05) is 18.2 Å². The number of alkyl halides is 3. The molecular weight excluding hydrogens is 335 g/mol. The third kappa shape index (κ3) is 4.08. The van der Waals surface area contributed by atoms with E-state index in [9.17, 15) is 18.0 Å². The molecule has 0 spiro atoms. The first kappa shape index (κ1) is 17.6. The predicted octanol–water partition coefficient (Wildman–Crippen LogP) is 2.32. The van der Waals surface area contributed by atoms with Gasteiger partial charge in [-0.05, 0) is 6.07 Å². The predicted molar refractivity (Wildman–Crippen MR) is 86.3 cm³/mol. The smallest absolute Gasteiger partial charge is 0.379 e. The number of para-hydroxylation sites is 1. The zero-order valence-electron chi connectivity index (χ0n) is 13.5. The van der Waals surface area contributed by atoms with Gasteiger partial charge in [-0.15, -0.1) is 0 Å². The van der Waals surface area contributed by atoms with E-state index in [1.807, 2.05) is 0 Å². The van der Waals surface area contributed by atoms with Gasteiger partial charge in [-0.3, -0.25) is 14.7 Å². The lowest BCUT2D eigenvalue weighted by Crippen LogP contribution is -2.41. The molecule has 3 rings (SSSR count). The molecule has 8 heteroatoms. The van der Waals surface area contributed by atoms with Gasteiger partial charge in [-0.2, -0.15) is 13.2 Å². The average Bonchev–Trinajstić information content (AvgIpc) is 2.60. The number of carbonyl (C=O) groups excluding carboxylic acids is 1. The standard InChI is InChI=1S/C17H18F3N3O2/c18-17(19,20)15-12-3-1-2-4-14(12)22-11-13(15)16(24)21-5-6-23-7-9-25-10-8-23/h1-4,11H,5-10H2,(H,21,24). The van der Waals surface area contributed by atoms with Gasteiger partial charge in [0.1, 0.15) is 0 Å². The summed E-state index contributed by atoms with van der Waals surface area (Å²) in [5.74, 6) is -0.765. The SMILES string of the molecule is O=C(NCCN1CCOCC1)c1cnc2ccccc2c1C(F)(F)F. The maximum atomic E-state index is 13.5. The summed E-state index contributed by atoms with van der Waals surface area (Å²) in [4.78, 5) is 18.4. The molecule has 1 N–H and O–H groups in total. The van der Waals surface area contributed by atoms with E-state index in [4.69, 9.17) is 4.74 Å². The molecule has 0 unspecified atom stereocenters. The number of morpholine rings is 1. The zero-order valence-corrected chi connectivity index (χ0v) is 13.5. The minimum absolute atomic E-state index is 0.0733. The molecule has 134 valence electrons. The highest BCUT2D eigenvalue weighted by Crippen LogP contribution is 2.36. The summed E-state index contributed by atoms with van der Waals surface area (Å²) in [6, 6.07) is 5.93. The molecule has 0 radical (unpaired) electrons. The number of hydrogen-bond donors (Lipinski definition) is 1. The van der Waals surface area contributed by atoms with Gasteiger partial charge in [0.25, 0.3) is 5.91 Å². The second kappa shape index (κ2) is 7.37. The number of carbonyl (C=O) groups is 1. The van der Waals surface area contributed by atoms with Crippen LogP contribution in [0, 0.1) is 0 Å². The lowest BCUT2D eigenvalue weighted by atomic mass is 10.0. The normalized spacial score (nSPS) is 16.1. The van der Waals surface area contributed by atoms with Crippen molar-refractivity contribution < 1.29 is 22.7 Å². The molecule has 0 aliphatic carbocycles. The topological polar surface area (TPSA) is 54.5 Å². The van der Waals surface area contributed by atoms with Crippen molar-refractivity contribution in [2.45, 2.75) is 6.18 Å². The second-order valence-electron chi connectivity index (χ2n) is 5.77. The molecule has 1 aromatic heterocycles. The van der Waals surface area contributed by atoms with Gasteiger partial charge in [0, 0.05) is 37.8 Å². The number of aromatic nitrogens is 1. The van der Waals surface area contributed by atoms with Crippen molar-refractivity contribution in [1.29, 1.82) is 0 Å². The summed E-state index contributed by atoms with van der Waals surface area (Å²) < 4.78 is 45.8. The minimum atomic E-state index is -4.64. The number of amides is 1. The summed E-state index contributed by atoms with van der Waals surface area (Å²) in [5, 5.41) is 2.49. The Morgan fingerprint density at radius 3 is 2.68 bits per heavy atom. The molecule has 25 heavy (non-hydrogen) atoms. The molecule has 1 aliphatic rings. The zero-order chi connectivity index (χ0) is 17.9. The lowest BCUT2D eigenvalue weighted by Gasteiger charge is -2.26. The highest BCUT2D eigenvalue weighted by molar-refractivity contribution is 6.00. The van der Waals surface area contributed by atoms with E-state index >= 15 is 0 Å². The van der Waals surface area contributed by atoms with Crippen molar-refractivity contribution in [3.05, 3.63) is 41.6 Å². The molecule has 0 bridgehead atoms. The average molecular weight is 353 g/mol. The number of fused-ring (bicyclic) bond motifs is 1. The third-order valence-electron chi connectivity index (χ3n) is 4.12. The van der Waals surface area contributed by atoms with Crippen LogP contribution < -0.4 is 5.32 Å². The van der Waals surface area contributed by atoms with Crippen LogP contribution in [0.2, 0.25) is 0 Å². The van der Waals surface area contributed by atoms with Crippen molar-refractivity contribution in [3.8, 4) is 0 Å². The van der Waals surface area contributed by atoms with Crippen LogP contribution in [0.15, 0.2) is 30.5 Å². The van der Waals surface area contributed by atoms with Gasteiger partial charge in [0.2, 0.25) is 0 Å². The third-order valence-corrected chi connectivity index (χ3v) is 4.12. The second-order valence-corrected chi connectivity index (χ2v) is 5.77. The number of ether oxygens (including phenoxy) is 1. The van der Waals surface area contributed by atoms with Gasteiger partial charge in [0.15, 0.2) is 0 Å². The Morgan fingerprint density at radius 2 is 1.96 bits per heavy atom. The van der Waals surface area contributed by atoms with Gasteiger partial charge in [0.05, 0.1) is 29.9 Å². The van der Waals surface area contributed by atoms with Gasteiger partial charge < -0.3 is 10.1 Å². The highest BCUT2D eigenvalue weighted by atomic mass is 19.4. The van der Waals surface area contributed by atoms with E-state index in [1.165, 1.54) is 18.2 Å². The first-order valence-electron chi connectivity index (χ1n) is 8.00. The maximum Gasteiger partial charge on any atom is 0.417 e. The van der Waals surface area contributed by atoms with E-state index < -0.39 is 23.2 Å². The Hall–Kier alpha value is -2.19. The van der Waals surface area contributed by atoms with E-state index in [0.29, 0.717) is 19.8 Å². The Kier molecular flexibility index (Phi) is 5.19. The molecule has 2 heterocycles. The fourth-order valence-electron chi connectivity index (χ4n) is 2.87. The van der Waals surface area contributed by atoms with Crippen LogP contribution in [-0.4, -0.2) is 55.2 Å². The molecule has 1 amide bonds. The molecule has 5 nitrogen and oxygen atoms in total. The van der Waals surface area contributed by atoms with Crippen LogP contribution in [0.4, 0.5) is 13.2 Å². The van der Waals surface area contributed by atoms with E-state index in [0.717, 1.165) is 19.3 Å². The molecule has 1 aromatic carbocycles. The van der Waals surface area contributed by atoms with Crippen molar-refractivity contribution in [2.75, 3.05) is 39.4 Å². The lowest BCUT2D eigenvalue weighted by molar-refractivity contribution is -0.136. The molecule has 0 saturated carbocycles. The van der Waals surface area contributed by atoms with E-state index in [1.54, 1.807) is 6.07 Å². The molecular formula is C17H18F3N3O2. The fourth-order valence-corrected chi connectivity index (χ4v) is 2.87. The maximum absolute atomic E-state index is 13.5. The minimum Gasteiger partial charge on any atom is -0.379 e. The van der Waals surface area contributed by atoms with Crippen molar-refractivity contribution in [2.24, 2.45) is 0 Å². The molecule has 1 aliphatic heterocycles. The van der Waals surface area contributed by atoms with Crippen LogP contribution in [0.1, 0.15) is 15.9 Å². The largest absolute Gasteiger partial charge is 0.417 e. The Morgan fingerprint density at radius 1 is 1.24 bits per heavy atom. The van der Waals surface area contributed by atoms with Gasteiger partial charge in [-0.25, -0.2) is 0 Å². The summed E-state index contributed by atoms with van der Waals surface area (Å²) in [6.45, 7) is 3.59.